The molecule has 10 aromatic rings. The highest BCUT2D eigenvalue weighted by atomic mass is 15.1. The van der Waals surface area contributed by atoms with Crippen LogP contribution in [0.3, 0.4) is 0 Å². The molecule has 2 nitrogen and oxygen atoms in total. The van der Waals surface area contributed by atoms with E-state index in [2.05, 4.69) is 243 Å². The van der Waals surface area contributed by atoms with Crippen LogP contribution >= 0.6 is 0 Å². The zero-order valence-corrected chi connectivity index (χ0v) is 35.1. The smallest absolute Gasteiger partial charge is 0.0726 e. The minimum atomic E-state index is -0.423. The quantitative estimate of drug-likeness (QED) is 0.148. The molecule has 12 rings (SSSR count). The molecule has 0 heterocycles. The summed E-state index contributed by atoms with van der Waals surface area (Å²) in [4.78, 5) is 4.77. The van der Waals surface area contributed by atoms with Crippen LogP contribution in [0, 0.1) is 20.8 Å². The zero-order chi connectivity index (χ0) is 41.5. The largest absolute Gasteiger partial charge is 0.311 e. The third-order valence-corrected chi connectivity index (χ3v) is 13.4. The molecule has 0 fully saturated rings. The number of aryl methyl sites for hydroxylation is 3. The second-order valence-electron chi connectivity index (χ2n) is 17.2. The summed E-state index contributed by atoms with van der Waals surface area (Å²) < 4.78 is 0. The maximum Gasteiger partial charge on any atom is 0.0726 e. The molecular weight excluding hydrogens is 749 g/mol. The monoisotopic (exact) mass is 792 g/mol. The van der Waals surface area contributed by atoms with Gasteiger partial charge in [-0.3, -0.25) is 0 Å². The molecule has 0 atom stereocenters. The Balaban J connectivity index is 0.980. The fourth-order valence-corrected chi connectivity index (χ4v) is 10.5. The predicted molar refractivity (Wildman–Crippen MR) is 261 cm³/mol. The van der Waals surface area contributed by atoms with Gasteiger partial charge >= 0.3 is 0 Å². The molecule has 0 saturated carbocycles. The Kier molecular flexibility index (Phi) is 8.14. The fourth-order valence-electron chi connectivity index (χ4n) is 10.5. The topological polar surface area (TPSA) is 6.48 Å². The number of hydrogen-bond donors (Lipinski definition) is 0. The van der Waals surface area contributed by atoms with Gasteiger partial charge in [0.1, 0.15) is 0 Å². The number of fused-ring (bicyclic) bond motifs is 7. The number of anilines is 6. The van der Waals surface area contributed by atoms with Crippen LogP contribution in [0.1, 0.15) is 38.9 Å². The first-order valence-corrected chi connectivity index (χ1v) is 21.7. The summed E-state index contributed by atoms with van der Waals surface area (Å²) in [6, 6.07) is 79.2. The third kappa shape index (κ3) is 5.43. The highest BCUT2D eigenvalue weighted by Crippen LogP contribution is 2.63. The summed E-state index contributed by atoms with van der Waals surface area (Å²) in [6.07, 6.45) is 0. The van der Waals surface area contributed by atoms with Gasteiger partial charge in [0.05, 0.1) is 5.41 Å². The minimum Gasteiger partial charge on any atom is -0.311 e. The van der Waals surface area contributed by atoms with Crippen LogP contribution in [0.2, 0.25) is 0 Å². The average molecular weight is 793 g/mol. The first kappa shape index (κ1) is 36.2. The minimum absolute atomic E-state index is 0.423. The molecule has 0 radical (unpaired) electrons. The molecule has 2 aliphatic carbocycles. The van der Waals surface area contributed by atoms with Crippen LogP contribution in [-0.4, -0.2) is 0 Å². The Bertz CT molecular complexity index is 3250. The average Bonchev–Trinajstić information content (AvgIpc) is 3.79. The summed E-state index contributed by atoms with van der Waals surface area (Å²) in [5.41, 5.74) is 20.6. The Hall–Kier alpha value is -7.68. The Morgan fingerprint density at radius 1 is 0.290 bits per heavy atom. The standard InChI is InChI=1S/C60H44N2/c1-39-15-27-46(28-16-39)61(47-29-17-40(2)18-30-47)49-33-23-42(24-34-49)43-25-35-50(36-26-43)62(48-31-19-41(3)20-32-48)51-37-45-22-21-44-9-8-14-56-58(44)59(45)57(38-51)60(56)54-12-6-4-10-52(54)53-11-5-7-13-55(53)60/h4-38H,1-3H3. The van der Waals surface area contributed by atoms with Gasteiger partial charge in [0.2, 0.25) is 0 Å². The molecular formula is C60H44N2. The van der Waals surface area contributed by atoms with E-state index < -0.39 is 5.41 Å². The van der Waals surface area contributed by atoms with Crippen LogP contribution in [-0.2, 0) is 5.41 Å². The third-order valence-electron chi connectivity index (χ3n) is 13.4. The van der Waals surface area contributed by atoms with Gasteiger partial charge < -0.3 is 9.80 Å². The molecule has 2 aliphatic rings. The van der Waals surface area contributed by atoms with Gasteiger partial charge in [-0.15, -0.1) is 0 Å². The Morgan fingerprint density at radius 2 is 0.677 bits per heavy atom. The summed E-state index contributed by atoms with van der Waals surface area (Å²) in [6.45, 7) is 6.43. The van der Waals surface area contributed by atoms with E-state index >= 15 is 0 Å². The van der Waals surface area contributed by atoms with E-state index in [1.54, 1.807) is 0 Å². The van der Waals surface area contributed by atoms with Crippen molar-refractivity contribution >= 4 is 55.7 Å². The van der Waals surface area contributed by atoms with Crippen LogP contribution in [0.5, 0.6) is 0 Å². The molecule has 294 valence electrons. The lowest BCUT2D eigenvalue weighted by molar-refractivity contribution is 0.797. The van der Waals surface area contributed by atoms with Gasteiger partial charge in [0.25, 0.3) is 0 Å². The van der Waals surface area contributed by atoms with Gasteiger partial charge in [0, 0.05) is 34.1 Å². The number of hydrogen-bond acceptors (Lipinski definition) is 2. The van der Waals surface area contributed by atoms with Crippen LogP contribution in [0.15, 0.2) is 212 Å². The first-order valence-electron chi connectivity index (χ1n) is 21.7. The second-order valence-corrected chi connectivity index (χ2v) is 17.2. The molecule has 2 heteroatoms. The SMILES string of the molecule is Cc1ccc(N(c2ccc(C)cc2)c2ccc(-c3ccc(N(c4ccc(C)cc4)c4cc5c6c(ccc7cccc(c76)C56c5ccccc5-c5ccccc56)c4)cc3)cc2)cc1. The van der Waals surface area contributed by atoms with Gasteiger partial charge in [-0.05, 0) is 160 Å². The summed E-state index contributed by atoms with van der Waals surface area (Å²) in [7, 11) is 0. The molecule has 0 unspecified atom stereocenters. The molecule has 0 aliphatic heterocycles. The van der Waals surface area contributed by atoms with Crippen molar-refractivity contribution in [2.45, 2.75) is 26.2 Å². The highest BCUT2D eigenvalue weighted by Gasteiger charge is 2.50. The van der Waals surface area contributed by atoms with Crippen molar-refractivity contribution in [3.05, 3.63) is 251 Å². The molecule has 0 aromatic heterocycles. The summed E-state index contributed by atoms with van der Waals surface area (Å²) >= 11 is 0. The fraction of sp³-hybridized carbons (Fsp3) is 0.0667. The maximum absolute atomic E-state index is 2.50. The van der Waals surface area contributed by atoms with E-state index in [1.165, 1.54) is 82.7 Å². The maximum atomic E-state index is 2.50. The molecule has 1 spiro atoms. The lowest BCUT2D eigenvalue weighted by Gasteiger charge is -2.32. The normalized spacial score (nSPS) is 12.9. The van der Waals surface area contributed by atoms with Crippen molar-refractivity contribution in [1.29, 1.82) is 0 Å². The summed E-state index contributed by atoms with van der Waals surface area (Å²) in [5.74, 6) is 0. The van der Waals surface area contributed by atoms with Gasteiger partial charge in [-0.1, -0.05) is 156 Å². The molecule has 62 heavy (non-hydrogen) atoms. The van der Waals surface area contributed by atoms with Crippen molar-refractivity contribution in [3.63, 3.8) is 0 Å². The van der Waals surface area contributed by atoms with Crippen LogP contribution in [0.4, 0.5) is 34.1 Å². The highest BCUT2D eigenvalue weighted by molar-refractivity contribution is 6.18. The van der Waals surface area contributed by atoms with Gasteiger partial charge in [-0.2, -0.15) is 0 Å². The molecule has 10 aromatic carbocycles. The lowest BCUT2D eigenvalue weighted by atomic mass is 9.70. The van der Waals surface area contributed by atoms with Crippen molar-refractivity contribution < 1.29 is 0 Å². The molecule has 0 amide bonds. The van der Waals surface area contributed by atoms with E-state index in [4.69, 9.17) is 0 Å². The second kappa shape index (κ2) is 13.9. The first-order chi connectivity index (χ1) is 30.5. The number of benzene rings is 10. The lowest BCUT2D eigenvalue weighted by Crippen LogP contribution is -2.26. The van der Waals surface area contributed by atoms with Gasteiger partial charge in [0.15, 0.2) is 0 Å². The van der Waals surface area contributed by atoms with Crippen molar-refractivity contribution in [2.24, 2.45) is 0 Å². The molecule has 0 N–H and O–H groups in total. The van der Waals surface area contributed by atoms with Crippen LogP contribution in [0.25, 0.3) is 43.8 Å². The number of nitrogens with zero attached hydrogens (tertiary/aromatic N) is 2. The molecule has 0 bridgehead atoms. The predicted octanol–water partition coefficient (Wildman–Crippen LogP) is 16.2. The van der Waals surface area contributed by atoms with Crippen molar-refractivity contribution in [3.8, 4) is 22.3 Å². The van der Waals surface area contributed by atoms with E-state index in [0.717, 1.165) is 34.1 Å². The van der Waals surface area contributed by atoms with E-state index in [1.807, 2.05) is 0 Å². The van der Waals surface area contributed by atoms with Crippen molar-refractivity contribution in [2.75, 3.05) is 9.80 Å². The van der Waals surface area contributed by atoms with Crippen LogP contribution < -0.4 is 9.80 Å². The van der Waals surface area contributed by atoms with Gasteiger partial charge in [-0.25, -0.2) is 0 Å². The molecule has 0 saturated heterocycles. The Morgan fingerprint density at radius 3 is 1.16 bits per heavy atom. The van der Waals surface area contributed by atoms with E-state index in [0.29, 0.717) is 0 Å². The summed E-state index contributed by atoms with van der Waals surface area (Å²) in [5, 5.41) is 5.28. The van der Waals surface area contributed by atoms with E-state index in [-0.39, 0.29) is 0 Å². The Labute approximate surface area is 363 Å². The zero-order valence-electron chi connectivity index (χ0n) is 35.1. The number of rotatable bonds is 7. The van der Waals surface area contributed by atoms with Crippen molar-refractivity contribution in [1.82, 2.24) is 0 Å². The van der Waals surface area contributed by atoms with E-state index in [9.17, 15) is 0 Å².